The molecule has 0 fully saturated rings. The van der Waals surface area contributed by atoms with Crippen molar-refractivity contribution < 1.29 is 17.9 Å². The van der Waals surface area contributed by atoms with Crippen LogP contribution in [-0.2, 0) is 21.1 Å². The molecule has 0 amide bonds. The van der Waals surface area contributed by atoms with E-state index in [9.17, 15) is 8.42 Å². The Morgan fingerprint density at radius 1 is 1.26 bits per heavy atom. The van der Waals surface area contributed by atoms with E-state index in [4.69, 9.17) is 9.47 Å². The van der Waals surface area contributed by atoms with Crippen LogP contribution >= 0.6 is 0 Å². The average Bonchev–Trinajstić information content (AvgIpc) is 2.96. The Labute approximate surface area is 134 Å². The van der Waals surface area contributed by atoms with Crippen LogP contribution in [0.15, 0.2) is 18.2 Å². The fourth-order valence-electron chi connectivity index (χ4n) is 2.13. The second-order valence-corrected chi connectivity index (χ2v) is 8.43. The SMILES string of the molecule is CC(C)(c1nnn(Cc2cccc3c2OCCO3)n1)S(C)(=O)=O. The third kappa shape index (κ3) is 2.88. The molecule has 0 radical (unpaired) electrons. The third-order valence-corrected chi connectivity index (χ3v) is 5.91. The molecule has 2 heterocycles. The van der Waals surface area contributed by atoms with E-state index in [0.29, 0.717) is 31.3 Å². The molecule has 0 saturated heterocycles. The van der Waals surface area contributed by atoms with Crippen LogP contribution in [0.25, 0.3) is 0 Å². The summed E-state index contributed by atoms with van der Waals surface area (Å²) >= 11 is 0. The van der Waals surface area contributed by atoms with Gasteiger partial charge in [-0.1, -0.05) is 12.1 Å². The Balaban J connectivity index is 1.89. The lowest BCUT2D eigenvalue weighted by atomic mass is 10.2. The number of fused-ring (bicyclic) bond motifs is 1. The first kappa shape index (κ1) is 15.7. The number of rotatable bonds is 4. The molecular weight excluding hydrogens is 320 g/mol. The number of sulfone groups is 1. The van der Waals surface area contributed by atoms with Crippen LogP contribution < -0.4 is 9.47 Å². The number of hydrogen-bond donors (Lipinski definition) is 0. The van der Waals surface area contributed by atoms with Gasteiger partial charge in [0, 0.05) is 11.8 Å². The molecule has 0 N–H and O–H groups in total. The van der Waals surface area contributed by atoms with Gasteiger partial charge in [0.05, 0.1) is 6.54 Å². The number of aromatic nitrogens is 4. The lowest BCUT2D eigenvalue weighted by Gasteiger charge is -2.20. The molecule has 0 unspecified atom stereocenters. The number of ether oxygens (including phenoxy) is 2. The molecule has 0 spiro atoms. The van der Waals surface area contributed by atoms with Crippen molar-refractivity contribution in [3.05, 3.63) is 29.6 Å². The van der Waals surface area contributed by atoms with Crippen LogP contribution in [0.3, 0.4) is 0 Å². The van der Waals surface area contributed by atoms with E-state index in [0.717, 1.165) is 11.8 Å². The number of tetrazole rings is 1. The van der Waals surface area contributed by atoms with Gasteiger partial charge in [0.25, 0.3) is 0 Å². The number of nitrogens with zero attached hydrogens (tertiary/aromatic N) is 4. The molecule has 0 aliphatic carbocycles. The summed E-state index contributed by atoms with van der Waals surface area (Å²) in [7, 11) is -3.35. The van der Waals surface area contributed by atoms with Gasteiger partial charge in [-0.2, -0.15) is 4.80 Å². The number of benzene rings is 1. The maximum atomic E-state index is 11.9. The van der Waals surface area contributed by atoms with E-state index >= 15 is 0 Å². The number of hydrogen-bond acceptors (Lipinski definition) is 7. The molecule has 0 saturated carbocycles. The monoisotopic (exact) mass is 338 g/mol. The molecule has 8 nitrogen and oxygen atoms in total. The molecule has 1 aliphatic rings. The Morgan fingerprint density at radius 2 is 2.00 bits per heavy atom. The minimum atomic E-state index is -3.35. The van der Waals surface area contributed by atoms with Gasteiger partial charge in [0.15, 0.2) is 27.2 Å². The van der Waals surface area contributed by atoms with E-state index < -0.39 is 14.6 Å². The summed E-state index contributed by atoms with van der Waals surface area (Å²) in [4.78, 5) is 1.36. The first-order valence-electron chi connectivity index (χ1n) is 7.14. The normalized spacial score (nSPS) is 14.7. The van der Waals surface area contributed by atoms with Gasteiger partial charge >= 0.3 is 0 Å². The van der Waals surface area contributed by atoms with Crippen LogP contribution in [0.1, 0.15) is 25.2 Å². The lowest BCUT2D eigenvalue weighted by molar-refractivity contribution is 0.169. The molecule has 1 aromatic carbocycles. The van der Waals surface area contributed by atoms with Gasteiger partial charge in [0.1, 0.15) is 18.0 Å². The summed E-state index contributed by atoms with van der Waals surface area (Å²) in [6, 6.07) is 5.59. The highest BCUT2D eigenvalue weighted by Gasteiger charge is 2.37. The van der Waals surface area contributed by atoms with Crippen LogP contribution in [0, 0.1) is 0 Å². The van der Waals surface area contributed by atoms with Crippen LogP contribution in [0.5, 0.6) is 11.5 Å². The van der Waals surface area contributed by atoms with Gasteiger partial charge in [-0.15, -0.1) is 10.2 Å². The molecule has 124 valence electrons. The largest absolute Gasteiger partial charge is 0.486 e. The van der Waals surface area contributed by atoms with Gasteiger partial charge in [-0.25, -0.2) is 8.42 Å². The van der Waals surface area contributed by atoms with E-state index in [2.05, 4.69) is 15.4 Å². The van der Waals surface area contributed by atoms with Crippen molar-refractivity contribution in [1.82, 2.24) is 20.2 Å². The minimum Gasteiger partial charge on any atom is -0.486 e. The first-order chi connectivity index (χ1) is 10.8. The highest BCUT2D eigenvalue weighted by molar-refractivity contribution is 7.91. The summed E-state index contributed by atoms with van der Waals surface area (Å²) in [5.74, 6) is 1.52. The van der Waals surface area contributed by atoms with Crippen molar-refractivity contribution >= 4 is 9.84 Å². The second-order valence-electron chi connectivity index (χ2n) is 5.87. The minimum absolute atomic E-state index is 0.168. The Bertz CT molecular complexity index is 829. The van der Waals surface area contributed by atoms with Crippen LogP contribution in [-0.4, -0.2) is 48.1 Å². The summed E-state index contributed by atoms with van der Waals surface area (Å²) in [6.07, 6.45) is 1.16. The molecular formula is C14H18N4O4S. The molecule has 1 aromatic heterocycles. The van der Waals surface area contributed by atoms with Crippen molar-refractivity contribution in [3.8, 4) is 11.5 Å². The Hall–Kier alpha value is -2.16. The van der Waals surface area contributed by atoms with E-state index in [-0.39, 0.29) is 5.82 Å². The summed E-state index contributed by atoms with van der Waals surface area (Å²) < 4.78 is 33.7. The Morgan fingerprint density at radius 3 is 2.74 bits per heavy atom. The zero-order chi connectivity index (χ0) is 16.7. The third-order valence-electron chi connectivity index (χ3n) is 3.88. The second kappa shape index (κ2) is 5.48. The predicted molar refractivity (Wildman–Crippen MR) is 82.2 cm³/mol. The summed E-state index contributed by atoms with van der Waals surface area (Å²) in [5.41, 5.74) is 0.850. The van der Waals surface area contributed by atoms with Crippen molar-refractivity contribution in [3.63, 3.8) is 0 Å². The zero-order valence-corrected chi connectivity index (χ0v) is 14.0. The summed E-state index contributed by atoms with van der Waals surface area (Å²) in [6.45, 7) is 4.45. The van der Waals surface area contributed by atoms with Gasteiger partial charge in [0.2, 0.25) is 0 Å². The number of para-hydroxylation sites is 1. The fourth-order valence-corrected chi connectivity index (χ4v) is 2.54. The zero-order valence-electron chi connectivity index (χ0n) is 13.2. The van der Waals surface area contributed by atoms with Crippen molar-refractivity contribution in [2.45, 2.75) is 25.1 Å². The highest BCUT2D eigenvalue weighted by Crippen LogP contribution is 2.34. The molecule has 0 atom stereocenters. The fraction of sp³-hybridized carbons (Fsp3) is 0.500. The Kier molecular flexibility index (Phi) is 3.75. The van der Waals surface area contributed by atoms with E-state index in [1.165, 1.54) is 4.80 Å². The quantitative estimate of drug-likeness (QED) is 0.812. The molecule has 0 bridgehead atoms. The highest BCUT2D eigenvalue weighted by atomic mass is 32.2. The predicted octanol–water partition coefficient (Wildman–Crippen LogP) is 0.772. The molecule has 1 aliphatic heterocycles. The van der Waals surface area contributed by atoms with Crippen molar-refractivity contribution in [2.24, 2.45) is 0 Å². The topological polar surface area (TPSA) is 96.2 Å². The standard InChI is InChI=1S/C14H18N4O4S/c1-14(2,23(3,19)20)13-15-17-18(16-13)9-10-5-4-6-11-12(10)22-8-7-21-11/h4-6H,7-9H2,1-3H3. The molecule has 2 aromatic rings. The van der Waals surface area contributed by atoms with E-state index in [1.54, 1.807) is 13.8 Å². The average molecular weight is 338 g/mol. The lowest BCUT2D eigenvalue weighted by Crippen LogP contribution is -2.29. The summed E-state index contributed by atoms with van der Waals surface area (Å²) in [5, 5.41) is 12.1. The van der Waals surface area contributed by atoms with Gasteiger partial charge in [-0.05, 0) is 25.1 Å². The van der Waals surface area contributed by atoms with Crippen molar-refractivity contribution in [1.29, 1.82) is 0 Å². The first-order valence-corrected chi connectivity index (χ1v) is 9.03. The van der Waals surface area contributed by atoms with Gasteiger partial charge in [-0.3, -0.25) is 0 Å². The maximum absolute atomic E-state index is 11.9. The molecule has 23 heavy (non-hydrogen) atoms. The van der Waals surface area contributed by atoms with E-state index in [1.807, 2.05) is 18.2 Å². The van der Waals surface area contributed by atoms with Gasteiger partial charge < -0.3 is 9.47 Å². The maximum Gasteiger partial charge on any atom is 0.195 e. The molecule has 9 heteroatoms. The van der Waals surface area contributed by atoms with Crippen molar-refractivity contribution in [2.75, 3.05) is 19.5 Å². The smallest absolute Gasteiger partial charge is 0.195 e. The molecule has 3 rings (SSSR count). The van der Waals surface area contributed by atoms with Crippen LogP contribution in [0.4, 0.5) is 0 Å². The van der Waals surface area contributed by atoms with Crippen LogP contribution in [0.2, 0.25) is 0 Å².